The fraction of sp³-hybridized carbons (Fsp3) is 0.150. The second-order valence-electron chi connectivity index (χ2n) is 6.23. The summed E-state index contributed by atoms with van der Waals surface area (Å²) in [5.74, 6) is -0.358. The minimum absolute atomic E-state index is 0.134. The fourth-order valence-electron chi connectivity index (χ4n) is 3.43. The van der Waals surface area contributed by atoms with E-state index in [4.69, 9.17) is 5.73 Å². The SMILES string of the molecule is NC1=C(c2cccc(C(F)(F)F)c2)C(=O)C(C2C=Cc3ccccc32)S1. The second-order valence-corrected chi connectivity index (χ2v) is 7.42. The van der Waals surface area contributed by atoms with Gasteiger partial charge in [0.05, 0.1) is 21.4 Å². The number of Topliss-reactive ketones (excluding diaryl/α,β-unsaturated/α-hetero) is 1. The van der Waals surface area contributed by atoms with Crippen LogP contribution in [-0.4, -0.2) is 11.0 Å². The van der Waals surface area contributed by atoms with Gasteiger partial charge in [-0.05, 0) is 28.8 Å². The van der Waals surface area contributed by atoms with E-state index in [0.717, 1.165) is 23.3 Å². The number of thioether (sulfide) groups is 1. The molecular weight excluding hydrogens is 359 g/mol. The summed E-state index contributed by atoms with van der Waals surface area (Å²) in [6.45, 7) is 0. The number of hydrogen-bond donors (Lipinski definition) is 1. The third-order valence-electron chi connectivity index (χ3n) is 4.65. The van der Waals surface area contributed by atoms with E-state index in [1.54, 1.807) is 0 Å². The van der Waals surface area contributed by atoms with Gasteiger partial charge in [-0.25, -0.2) is 0 Å². The van der Waals surface area contributed by atoms with Gasteiger partial charge in [-0.1, -0.05) is 60.3 Å². The summed E-state index contributed by atoms with van der Waals surface area (Å²) in [4.78, 5) is 13.0. The molecule has 0 aromatic heterocycles. The van der Waals surface area contributed by atoms with Gasteiger partial charge >= 0.3 is 6.18 Å². The number of fused-ring (bicyclic) bond motifs is 1. The first-order valence-corrected chi connectivity index (χ1v) is 8.89. The van der Waals surface area contributed by atoms with E-state index in [1.807, 2.05) is 36.4 Å². The molecule has 2 atom stereocenters. The van der Waals surface area contributed by atoms with Gasteiger partial charge in [0.2, 0.25) is 0 Å². The van der Waals surface area contributed by atoms with E-state index in [2.05, 4.69) is 0 Å². The molecule has 1 aliphatic heterocycles. The van der Waals surface area contributed by atoms with Crippen molar-refractivity contribution in [2.24, 2.45) is 5.73 Å². The Hall–Kier alpha value is -2.47. The highest BCUT2D eigenvalue weighted by Crippen LogP contribution is 2.47. The highest BCUT2D eigenvalue weighted by molar-refractivity contribution is 8.05. The first kappa shape index (κ1) is 17.0. The Kier molecular flexibility index (Phi) is 3.95. The van der Waals surface area contributed by atoms with Crippen molar-refractivity contribution in [2.75, 3.05) is 0 Å². The predicted molar refractivity (Wildman–Crippen MR) is 97.2 cm³/mol. The number of ketones is 1. The number of carbonyl (C=O) groups is 1. The molecule has 6 heteroatoms. The molecule has 0 amide bonds. The minimum Gasteiger partial charge on any atom is -0.393 e. The third-order valence-corrected chi connectivity index (χ3v) is 5.87. The van der Waals surface area contributed by atoms with Gasteiger partial charge in [0, 0.05) is 5.92 Å². The van der Waals surface area contributed by atoms with E-state index in [9.17, 15) is 18.0 Å². The quantitative estimate of drug-likeness (QED) is 0.820. The molecule has 132 valence electrons. The average molecular weight is 373 g/mol. The van der Waals surface area contributed by atoms with Crippen molar-refractivity contribution in [1.82, 2.24) is 0 Å². The molecule has 2 N–H and O–H groups in total. The normalized spacial score (nSPS) is 22.2. The summed E-state index contributed by atoms with van der Waals surface area (Å²) in [5.41, 5.74) is 7.76. The molecule has 2 aliphatic rings. The standard InChI is InChI=1S/C20H14F3NOS/c21-20(22,23)13-6-3-5-12(10-13)16-17(25)18(26-19(16)24)15-9-8-11-4-1-2-7-14(11)15/h1-10,15,18H,24H2. The molecule has 0 bridgehead atoms. The van der Waals surface area contributed by atoms with Crippen LogP contribution in [0.25, 0.3) is 11.6 Å². The van der Waals surface area contributed by atoms with E-state index < -0.39 is 17.0 Å². The van der Waals surface area contributed by atoms with Crippen LogP contribution in [0.15, 0.2) is 59.6 Å². The molecule has 1 aliphatic carbocycles. The van der Waals surface area contributed by atoms with Crippen LogP contribution in [0.1, 0.15) is 28.2 Å². The lowest BCUT2D eigenvalue weighted by atomic mass is 9.90. The molecule has 2 aromatic rings. The maximum absolute atomic E-state index is 13.0. The van der Waals surface area contributed by atoms with E-state index in [0.29, 0.717) is 0 Å². The van der Waals surface area contributed by atoms with Crippen molar-refractivity contribution in [3.8, 4) is 0 Å². The molecule has 1 heterocycles. The molecule has 0 saturated carbocycles. The first-order chi connectivity index (χ1) is 12.4. The van der Waals surface area contributed by atoms with Gasteiger partial charge in [-0.3, -0.25) is 4.79 Å². The molecule has 0 saturated heterocycles. The molecule has 2 aromatic carbocycles. The van der Waals surface area contributed by atoms with Gasteiger partial charge in [-0.15, -0.1) is 0 Å². The number of hydrogen-bond acceptors (Lipinski definition) is 3. The Balaban J connectivity index is 1.68. The lowest BCUT2D eigenvalue weighted by Crippen LogP contribution is -2.20. The predicted octanol–water partition coefficient (Wildman–Crippen LogP) is 4.83. The van der Waals surface area contributed by atoms with Crippen molar-refractivity contribution in [1.29, 1.82) is 0 Å². The monoisotopic (exact) mass is 373 g/mol. The summed E-state index contributed by atoms with van der Waals surface area (Å²) in [7, 11) is 0. The number of nitrogens with two attached hydrogens (primary N) is 1. The van der Waals surface area contributed by atoms with Crippen molar-refractivity contribution in [2.45, 2.75) is 17.3 Å². The van der Waals surface area contributed by atoms with Gasteiger partial charge in [0.25, 0.3) is 0 Å². The van der Waals surface area contributed by atoms with Gasteiger partial charge in [0.1, 0.15) is 0 Å². The lowest BCUT2D eigenvalue weighted by molar-refractivity contribution is -0.137. The van der Waals surface area contributed by atoms with E-state index in [1.165, 1.54) is 23.9 Å². The molecule has 0 spiro atoms. The Morgan fingerprint density at radius 3 is 2.58 bits per heavy atom. The van der Waals surface area contributed by atoms with Crippen LogP contribution in [0.3, 0.4) is 0 Å². The van der Waals surface area contributed by atoms with Gasteiger partial charge in [-0.2, -0.15) is 13.2 Å². The van der Waals surface area contributed by atoms with Crippen LogP contribution in [0.5, 0.6) is 0 Å². The highest BCUT2D eigenvalue weighted by atomic mass is 32.2. The molecule has 0 fully saturated rings. The number of halogens is 3. The maximum Gasteiger partial charge on any atom is 0.416 e. The van der Waals surface area contributed by atoms with Crippen LogP contribution in [0.4, 0.5) is 13.2 Å². The Morgan fingerprint density at radius 1 is 1.04 bits per heavy atom. The maximum atomic E-state index is 13.0. The number of alkyl halides is 3. The van der Waals surface area contributed by atoms with Gasteiger partial charge < -0.3 is 5.73 Å². The lowest BCUT2D eigenvalue weighted by Gasteiger charge is -2.17. The number of allylic oxidation sites excluding steroid dienone is 2. The number of rotatable bonds is 2. The van der Waals surface area contributed by atoms with Crippen LogP contribution in [0.2, 0.25) is 0 Å². The second kappa shape index (κ2) is 6.06. The Bertz CT molecular complexity index is 962. The first-order valence-electron chi connectivity index (χ1n) is 8.01. The minimum atomic E-state index is -4.47. The highest BCUT2D eigenvalue weighted by Gasteiger charge is 2.41. The topological polar surface area (TPSA) is 43.1 Å². The number of carbonyl (C=O) groups excluding carboxylic acids is 1. The van der Waals surface area contributed by atoms with Crippen LogP contribution in [-0.2, 0) is 11.0 Å². The molecular formula is C20H14F3NOS. The average Bonchev–Trinajstić information content (AvgIpc) is 3.15. The van der Waals surface area contributed by atoms with Crippen LogP contribution >= 0.6 is 11.8 Å². The van der Waals surface area contributed by atoms with Crippen molar-refractivity contribution in [3.05, 3.63) is 81.9 Å². The molecule has 2 nitrogen and oxygen atoms in total. The zero-order valence-corrected chi connectivity index (χ0v) is 14.3. The molecule has 0 radical (unpaired) electrons. The zero-order valence-electron chi connectivity index (χ0n) is 13.5. The van der Waals surface area contributed by atoms with Gasteiger partial charge in [0.15, 0.2) is 5.78 Å². The summed E-state index contributed by atoms with van der Waals surface area (Å²) in [5, 5.41) is -0.184. The Morgan fingerprint density at radius 2 is 1.81 bits per heavy atom. The molecule has 2 unspecified atom stereocenters. The largest absolute Gasteiger partial charge is 0.416 e. The van der Waals surface area contributed by atoms with Crippen LogP contribution in [0, 0.1) is 0 Å². The smallest absolute Gasteiger partial charge is 0.393 e. The fourth-order valence-corrected chi connectivity index (χ4v) is 4.64. The Labute approximate surface area is 152 Å². The summed E-state index contributed by atoms with van der Waals surface area (Å²) >= 11 is 1.23. The summed E-state index contributed by atoms with van der Waals surface area (Å²) in [6.07, 6.45) is -0.540. The summed E-state index contributed by atoms with van der Waals surface area (Å²) < 4.78 is 39.0. The van der Waals surface area contributed by atoms with Crippen molar-refractivity contribution < 1.29 is 18.0 Å². The molecule has 26 heavy (non-hydrogen) atoms. The van der Waals surface area contributed by atoms with Crippen molar-refractivity contribution >= 4 is 29.2 Å². The van der Waals surface area contributed by atoms with E-state index in [-0.39, 0.29) is 27.9 Å². The third kappa shape index (κ3) is 2.74. The summed E-state index contributed by atoms with van der Waals surface area (Å²) in [6, 6.07) is 12.5. The molecule has 4 rings (SSSR count). The van der Waals surface area contributed by atoms with Crippen LogP contribution < -0.4 is 5.73 Å². The van der Waals surface area contributed by atoms with Crippen molar-refractivity contribution in [3.63, 3.8) is 0 Å². The van der Waals surface area contributed by atoms with E-state index >= 15 is 0 Å². The number of benzene rings is 2. The zero-order chi connectivity index (χ0) is 18.5.